The maximum absolute atomic E-state index is 2.47. The fourth-order valence-corrected chi connectivity index (χ4v) is 2.27. The Labute approximate surface area is 71.4 Å². The molecule has 0 nitrogen and oxygen atoms in total. The minimum atomic E-state index is 0.667. The van der Waals surface area contributed by atoms with Crippen LogP contribution in [0, 0.1) is 17.3 Å². The molecule has 11 heavy (non-hydrogen) atoms. The van der Waals surface area contributed by atoms with Crippen molar-refractivity contribution in [1.82, 2.24) is 0 Å². The average molecular weight is 154 g/mol. The summed E-state index contributed by atoms with van der Waals surface area (Å²) in [7, 11) is 0. The molecule has 1 aliphatic rings. The summed E-state index contributed by atoms with van der Waals surface area (Å²) in [6.45, 7) is 9.54. The molecule has 0 aromatic carbocycles. The van der Waals surface area contributed by atoms with Crippen LogP contribution in [0.15, 0.2) is 0 Å². The van der Waals surface area contributed by atoms with Gasteiger partial charge in [-0.25, -0.2) is 0 Å². The van der Waals surface area contributed by atoms with E-state index >= 15 is 0 Å². The molecule has 1 fully saturated rings. The highest BCUT2D eigenvalue weighted by Crippen LogP contribution is 2.47. The molecule has 0 amide bonds. The molecule has 1 rings (SSSR count). The van der Waals surface area contributed by atoms with Gasteiger partial charge in [-0.2, -0.15) is 0 Å². The molecular formula is C11H22. The summed E-state index contributed by atoms with van der Waals surface area (Å²) < 4.78 is 0. The molecule has 1 saturated carbocycles. The fourth-order valence-electron chi connectivity index (χ4n) is 2.27. The Hall–Kier alpha value is 0. The normalized spacial score (nSPS) is 38.5. The Morgan fingerprint density at radius 3 is 2.36 bits per heavy atom. The van der Waals surface area contributed by atoms with Crippen LogP contribution >= 0.6 is 0 Å². The van der Waals surface area contributed by atoms with Crippen molar-refractivity contribution in [3.8, 4) is 0 Å². The van der Waals surface area contributed by atoms with Crippen LogP contribution in [0.5, 0.6) is 0 Å². The number of rotatable bonds is 2. The summed E-state index contributed by atoms with van der Waals surface area (Å²) in [6.07, 6.45) is 5.80. The quantitative estimate of drug-likeness (QED) is 0.566. The molecule has 1 aliphatic carbocycles. The van der Waals surface area contributed by atoms with Gasteiger partial charge in [-0.05, 0) is 36.5 Å². The van der Waals surface area contributed by atoms with Crippen LogP contribution in [0.3, 0.4) is 0 Å². The van der Waals surface area contributed by atoms with E-state index in [0.717, 1.165) is 11.8 Å². The Bertz CT molecular complexity index is 126. The fraction of sp³-hybridized carbons (Fsp3) is 1.00. The Kier molecular flexibility index (Phi) is 2.61. The van der Waals surface area contributed by atoms with Crippen molar-refractivity contribution < 1.29 is 0 Å². The highest BCUT2D eigenvalue weighted by atomic mass is 14.4. The van der Waals surface area contributed by atoms with E-state index in [1.165, 1.54) is 25.7 Å². The lowest BCUT2D eigenvalue weighted by Crippen LogP contribution is -2.19. The lowest BCUT2D eigenvalue weighted by molar-refractivity contribution is 0.217. The van der Waals surface area contributed by atoms with Crippen LogP contribution in [0.1, 0.15) is 53.4 Å². The molecule has 2 unspecified atom stereocenters. The van der Waals surface area contributed by atoms with Crippen LogP contribution < -0.4 is 0 Å². The maximum Gasteiger partial charge on any atom is -0.0300 e. The standard InChI is InChI=1S/C11H22/c1-5-10-6-7-11(4,8-10)9(2)3/h9-10H,5-8H2,1-4H3. The van der Waals surface area contributed by atoms with E-state index in [4.69, 9.17) is 0 Å². The summed E-state index contributed by atoms with van der Waals surface area (Å²) in [5.41, 5.74) is 0.667. The first-order valence-electron chi connectivity index (χ1n) is 5.08. The SMILES string of the molecule is CCC1CCC(C)(C(C)C)C1. The van der Waals surface area contributed by atoms with Crippen LogP contribution in [-0.4, -0.2) is 0 Å². The second kappa shape index (κ2) is 3.16. The molecule has 66 valence electrons. The molecule has 0 aromatic rings. The van der Waals surface area contributed by atoms with Gasteiger partial charge in [0.15, 0.2) is 0 Å². The lowest BCUT2D eigenvalue weighted by Gasteiger charge is -2.28. The first-order chi connectivity index (χ1) is 5.08. The van der Waals surface area contributed by atoms with E-state index in [1.54, 1.807) is 0 Å². The molecular weight excluding hydrogens is 132 g/mol. The highest BCUT2D eigenvalue weighted by molar-refractivity contribution is 4.87. The molecule has 0 bridgehead atoms. The minimum Gasteiger partial charge on any atom is -0.0651 e. The third-order valence-corrected chi connectivity index (χ3v) is 3.85. The van der Waals surface area contributed by atoms with Gasteiger partial charge in [-0.15, -0.1) is 0 Å². The van der Waals surface area contributed by atoms with Crippen molar-refractivity contribution in [2.75, 3.05) is 0 Å². The van der Waals surface area contributed by atoms with Crippen LogP contribution in [-0.2, 0) is 0 Å². The predicted molar refractivity (Wildman–Crippen MR) is 50.6 cm³/mol. The molecule has 0 spiro atoms. The largest absolute Gasteiger partial charge is 0.0651 e. The van der Waals surface area contributed by atoms with Crippen molar-refractivity contribution >= 4 is 0 Å². The average Bonchev–Trinajstić information content (AvgIpc) is 2.33. The molecule has 0 heteroatoms. The molecule has 0 heterocycles. The summed E-state index contributed by atoms with van der Waals surface area (Å²) in [5.74, 6) is 1.90. The summed E-state index contributed by atoms with van der Waals surface area (Å²) in [6, 6.07) is 0. The molecule has 0 radical (unpaired) electrons. The van der Waals surface area contributed by atoms with Gasteiger partial charge in [-0.1, -0.05) is 34.1 Å². The van der Waals surface area contributed by atoms with E-state index in [-0.39, 0.29) is 0 Å². The van der Waals surface area contributed by atoms with Gasteiger partial charge in [-0.3, -0.25) is 0 Å². The predicted octanol–water partition coefficient (Wildman–Crippen LogP) is 3.86. The first-order valence-corrected chi connectivity index (χ1v) is 5.08. The van der Waals surface area contributed by atoms with Gasteiger partial charge in [0, 0.05) is 0 Å². The van der Waals surface area contributed by atoms with Gasteiger partial charge in [0.1, 0.15) is 0 Å². The molecule has 0 saturated heterocycles. The monoisotopic (exact) mass is 154 g/mol. The first kappa shape index (κ1) is 9.09. The summed E-state index contributed by atoms with van der Waals surface area (Å²) in [5, 5.41) is 0. The maximum atomic E-state index is 2.47. The number of hydrogen-bond donors (Lipinski definition) is 0. The van der Waals surface area contributed by atoms with Crippen molar-refractivity contribution in [2.45, 2.75) is 53.4 Å². The third kappa shape index (κ3) is 1.77. The summed E-state index contributed by atoms with van der Waals surface area (Å²) >= 11 is 0. The second-order valence-corrected chi connectivity index (χ2v) is 4.83. The minimum absolute atomic E-state index is 0.667. The van der Waals surface area contributed by atoms with Crippen LogP contribution in [0.25, 0.3) is 0 Å². The molecule has 0 aromatic heterocycles. The lowest BCUT2D eigenvalue weighted by atomic mass is 9.77. The molecule has 2 atom stereocenters. The molecule has 0 N–H and O–H groups in total. The van der Waals surface area contributed by atoms with Crippen molar-refractivity contribution in [3.05, 3.63) is 0 Å². The topological polar surface area (TPSA) is 0 Å². The van der Waals surface area contributed by atoms with E-state index in [1.807, 2.05) is 0 Å². The number of hydrogen-bond acceptors (Lipinski definition) is 0. The van der Waals surface area contributed by atoms with E-state index in [0.29, 0.717) is 5.41 Å². The van der Waals surface area contributed by atoms with Crippen molar-refractivity contribution in [3.63, 3.8) is 0 Å². The van der Waals surface area contributed by atoms with Gasteiger partial charge >= 0.3 is 0 Å². The van der Waals surface area contributed by atoms with Crippen LogP contribution in [0.2, 0.25) is 0 Å². The van der Waals surface area contributed by atoms with Crippen LogP contribution in [0.4, 0.5) is 0 Å². The zero-order chi connectivity index (χ0) is 8.48. The second-order valence-electron chi connectivity index (χ2n) is 4.83. The van der Waals surface area contributed by atoms with Crippen molar-refractivity contribution in [2.24, 2.45) is 17.3 Å². The Balaban J connectivity index is 2.50. The Morgan fingerprint density at radius 2 is 2.09 bits per heavy atom. The van der Waals surface area contributed by atoms with E-state index in [2.05, 4.69) is 27.7 Å². The smallest absolute Gasteiger partial charge is 0.0300 e. The van der Waals surface area contributed by atoms with E-state index in [9.17, 15) is 0 Å². The van der Waals surface area contributed by atoms with Crippen molar-refractivity contribution in [1.29, 1.82) is 0 Å². The van der Waals surface area contributed by atoms with Gasteiger partial charge in [0.2, 0.25) is 0 Å². The highest BCUT2D eigenvalue weighted by Gasteiger charge is 2.36. The van der Waals surface area contributed by atoms with Gasteiger partial charge in [0.25, 0.3) is 0 Å². The van der Waals surface area contributed by atoms with Gasteiger partial charge < -0.3 is 0 Å². The zero-order valence-corrected chi connectivity index (χ0v) is 8.48. The van der Waals surface area contributed by atoms with E-state index < -0.39 is 0 Å². The zero-order valence-electron chi connectivity index (χ0n) is 8.48. The molecule has 0 aliphatic heterocycles. The Morgan fingerprint density at radius 1 is 1.45 bits per heavy atom. The third-order valence-electron chi connectivity index (χ3n) is 3.85. The van der Waals surface area contributed by atoms with Gasteiger partial charge in [0.05, 0.1) is 0 Å². The summed E-state index contributed by atoms with van der Waals surface area (Å²) in [4.78, 5) is 0.